The van der Waals surface area contributed by atoms with Gasteiger partial charge in [-0.3, -0.25) is 4.79 Å². The molecule has 17 heavy (non-hydrogen) atoms. The second kappa shape index (κ2) is 7.61. The molecule has 2 nitrogen and oxygen atoms in total. The molecule has 0 spiro atoms. The summed E-state index contributed by atoms with van der Waals surface area (Å²) >= 11 is 3.29. The molecule has 0 aliphatic carbocycles. The van der Waals surface area contributed by atoms with Gasteiger partial charge in [-0.1, -0.05) is 6.92 Å². The number of hydrogen-bond donors (Lipinski definition) is 1. The molecule has 1 atom stereocenters. The molecule has 5 heteroatoms. The van der Waals surface area contributed by atoms with Crippen molar-refractivity contribution >= 4 is 29.5 Å². The van der Waals surface area contributed by atoms with Gasteiger partial charge in [-0.2, -0.15) is 11.8 Å². The zero-order valence-corrected chi connectivity index (χ0v) is 11.2. The Hall–Kier alpha value is -0.680. The largest absolute Gasteiger partial charge is 0.481 e. The summed E-state index contributed by atoms with van der Waals surface area (Å²) in [6, 6.07) is 6.40. The van der Waals surface area contributed by atoms with Gasteiger partial charge in [0.05, 0.1) is 5.92 Å². The van der Waals surface area contributed by atoms with Crippen LogP contribution in [0.25, 0.3) is 0 Å². The monoisotopic (exact) mass is 274 g/mol. The highest BCUT2D eigenvalue weighted by Crippen LogP contribution is 2.20. The minimum atomic E-state index is -0.747. The minimum absolute atomic E-state index is 0.223. The Morgan fingerprint density at radius 2 is 2.00 bits per heavy atom. The maximum Gasteiger partial charge on any atom is 0.307 e. The van der Waals surface area contributed by atoms with Gasteiger partial charge in [-0.05, 0) is 24.3 Å². The van der Waals surface area contributed by atoms with E-state index in [1.807, 2.05) is 0 Å². The lowest BCUT2D eigenvalue weighted by molar-refractivity contribution is -0.140. The quantitative estimate of drug-likeness (QED) is 0.611. The first-order valence-corrected chi connectivity index (χ1v) is 7.42. The third kappa shape index (κ3) is 5.98. The number of hydrogen-bond acceptors (Lipinski definition) is 3. The summed E-state index contributed by atoms with van der Waals surface area (Å²) < 4.78 is 12.6. The number of thioether (sulfide) groups is 2. The molecular weight excluding hydrogens is 259 g/mol. The minimum Gasteiger partial charge on any atom is -0.481 e. The van der Waals surface area contributed by atoms with Crippen LogP contribution in [0.1, 0.15) is 6.92 Å². The normalized spacial score (nSPS) is 12.4. The summed E-state index contributed by atoms with van der Waals surface area (Å²) in [7, 11) is 0. The number of aliphatic carboxylic acids is 1. The smallest absolute Gasteiger partial charge is 0.307 e. The van der Waals surface area contributed by atoms with Crippen LogP contribution in [0.4, 0.5) is 4.39 Å². The predicted molar refractivity (Wildman–Crippen MR) is 71.2 cm³/mol. The summed E-state index contributed by atoms with van der Waals surface area (Å²) in [4.78, 5) is 11.6. The van der Waals surface area contributed by atoms with Crippen LogP contribution in [-0.2, 0) is 4.79 Å². The van der Waals surface area contributed by atoms with E-state index in [9.17, 15) is 9.18 Å². The number of carboxylic acids is 1. The fourth-order valence-corrected chi connectivity index (χ4v) is 3.11. The highest BCUT2D eigenvalue weighted by atomic mass is 32.2. The molecule has 0 bridgehead atoms. The topological polar surface area (TPSA) is 37.3 Å². The first kappa shape index (κ1) is 14.4. The van der Waals surface area contributed by atoms with Crippen LogP contribution in [0.15, 0.2) is 29.2 Å². The Morgan fingerprint density at radius 1 is 1.35 bits per heavy atom. The molecule has 1 aromatic rings. The lowest BCUT2D eigenvalue weighted by atomic mass is 10.2. The van der Waals surface area contributed by atoms with Gasteiger partial charge in [-0.25, -0.2) is 4.39 Å². The Kier molecular flexibility index (Phi) is 6.44. The van der Waals surface area contributed by atoms with E-state index in [4.69, 9.17) is 5.11 Å². The molecule has 1 aromatic carbocycles. The summed E-state index contributed by atoms with van der Waals surface area (Å²) in [6.45, 7) is 1.71. The van der Waals surface area contributed by atoms with Crippen LogP contribution >= 0.6 is 23.5 Å². The second-order valence-electron chi connectivity index (χ2n) is 3.62. The fraction of sp³-hybridized carbons (Fsp3) is 0.417. The number of carbonyl (C=O) groups is 1. The van der Waals surface area contributed by atoms with Crippen LogP contribution < -0.4 is 0 Å². The van der Waals surface area contributed by atoms with E-state index in [1.165, 1.54) is 12.1 Å². The van der Waals surface area contributed by atoms with Gasteiger partial charge < -0.3 is 5.11 Å². The van der Waals surface area contributed by atoms with E-state index in [2.05, 4.69) is 0 Å². The Morgan fingerprint density at radius 3 is 2.59 bits per heavy atom. The van der Waals surface area contributed by atoms with E-state index in [1.54, 1.807) is 42.6 Å². The SMILES string of the molecule is CC(CSCCSc1ccc(F)cc1)C(=O)O. The van der Waals surface area contributed by atoms with Crippen molar-refractivity contribution in [1.29, 1.82) is 0 Å². The molecule has 0 fully saturated rings. The maximum atomic E-state index is 12.6. The zero-order valence-electron chi connectivity index (χ0n) is 9.56. The molecule has 0 aliphatic heterocycles. The van der Waals surface area contributed by atoms with Gasteiger partial charge in [0.25, 0.3) is 0 Å². The molecule has 0 aliphatic rings. The molecule has 0 radical (unpaired) electrons. The van der Waals surface area contributed by atoms with Gasteiger partial charge in [0.15, 0.2) is 0 Å². The Balaban J connectivity index is 2.12. The second-order valence-corrected chi connectivity index (χ2v) is 5.93. The van der Waals surface area contributed by atoms with E-state index >= 15 is 0 Å². The lowest BCUT2D eigenvalue weighted by Crippen LogP contribution is -2.12. The van der Waals surface area contributed by atoms with Gasteiger partial charge in [0.2, 0.25) is 0 Å². The van der Waals surface area contributed by atoms with Crippen LogP contribution in [0, 0.1) is 11.7 Å². The number of carboxylic acid groups (broad SMARTS) is 1. The lowest BCUT2D eigenvalue weighted by Gasteiger charge is -2.05. The summed E-state index contributed by atoms with van der Waals surface area (Å²) in [6.07, 6.45) is 0. The van der Waals surface area contributed by atoms with Crippen LogP contribution in [0.3, 0.4) is 0 Å². The van der Waals surface area contributed by atoms with Crippen LogP contribution in [-0.4, -0.2) is 28.3 Å². The molecule has 1 N–H and O–H groups in total. The van der Waals surface area contributed by atoms with E-state index < -0.39 is 5.97 Å². The first-order chi connectivity index (χ1) is 8.09. The van der Waals surface area contributed by atoms with Crippen molar-refractivity contribution in [2.24, 2.45) is 5.92 Å². The Labute approximate surface area is 109 Å². The summed E-state index contributed by atoms with van der Waals surface area (Å²) in [5.41, 5.74) is 0. The van der Waals surface area contributed by atoms with E-state index in [-0.39, 0.29) is 11.7 Å². The molecule has 0 heterocycles. The summed E-state index contributed by atoms with van der Waals surface area (Å²) in [5, 5.41) is 8.69. The van der Waals surface area contributed by atoms with Crippen molar-refractivity contribution in [3.05, 3.63) is 30.1 Å². The van der Waals surface area contributed by atoms with Gasteiger partial charge in [0, 0.05) is 22.2 Å². The molecule has 1 rings (SSSR count). The third-order valence-electron chi connectivity index (χ3n) is 2.10. The standard InChI is InChI=1S/C12H15FO2S2/c1-9(12(14)15)8-16-6-7-17-11-4-2-10(13)3-5-11/h2-5,9H,6-8H2,1H3,(H,14,15). The molecule has 1 unspecified atom stereocenters. The van der Waals surface area contributed by atoms with Crippen LogP contribution in [0.2, 0.25) is 0 Å². The first-order valence-electron chi connectivity index (χ1n) is 5.28. The molecule has 0 saturated carbocycles. The maximum absolute atomic E-state index is 12.6. The average molecular weight is 274 g/mol. The average Bonchev–Trinajstić information content (AvgIpc) is 2.30. The van der Waals surface area contributed by atoms with E-state index in [0.717, 1.165) is 16.4 Å². The molecule has 94 valence electrons. The van der Waals surface area contributed by atoms with Crippen molar-refractivity contribution in [3.8, 4) is 0 Å². The molecule has 0 amide bonds. The fourth-order valence-electron chi connectivity index (χ4n) is 1.08. The molecular formula is C12H15FO2S2. The number of halogens is 1. The summed E-state index contributed by atoms with van der Waals surface area (Å²) in [5.74, 6) is 1.18. The van der Waals surface area contributed by atoms with Crippen molar-refractivity contribution < 1.29 is 14.3 Å². The van der Waals surface area contributed by atoms with Gasteiger partial charge >= 0.3 is 5.97 Å². The van der Waals surface area contributed by atoms with Crippen molar-refractivity contribution in [1.82, 2.24) is 0 Å². The van der Waals surface area contributed by atoms with Crippen LogP contribution in [0.5, 0.6) is 0 Å². The van der Waals surface area contributed by atoms with E-state index in [0.29, 0.717) is 5.75 Å². The van der Waals surface area contributed by atoms with Gasteiger partial charge in [0.1, 0.15) is 5.82 Å². The number of rotatable bonds is 7. The highest BCUT2D eigenvalue weighted by Gasteiger charge is 2.09. The predicted octanol–water partition coefficient (Wildman–Crippen LogP) is 3.37. The van der Waals surface area contributed by atoms with Crippen molar-refractivity contribution in [3.63, 3.8) is 0 Å². The van der Waals surface area contributed by atoms with Crippen molar-refractivity contribution in [2.75, 3.05) is 17.3 Å². The molecule has 0 aromatic heterocycles. The third-order valence-corrected chi connectivity index (χ3v) is 4.60. The van der Waals surface area contributed by atoms with Crippen molar-refractivity contribution in [2.45, 2.75) is 11.8 Å². The molecule has 0 saturated heterocycles. The number of benzene rings is 1. The zero-order chi connectivity index (χ0) is 12.7. The van der Waals surface area contributed by atoms with Gasteiger partial charge in [-0.15, -0.1) is 11.8 Å². The Bertz CT molecular complexity index is 354. The highest BCUT2D eigenvalue weighted by molar-refractivity contribution is 8.03.